The summed E-state index contributed by atoms with van der Waals surface area (Å²) in [5.41, 5.74) is 1.56. The van der Waals surface area contributed by atoms with Crippen molar-refractivity contribution < 1.29 is 4.79 Å². The van der Waals surface area contributed by atoms with Gasteiger partial charge in [-0.25, -0.2) is 0 Å². The van der Waals surface area contributed by atoms with Gasteiger partial charge in [0.25, 0.3) is 0 Å². The summed E-state index contributed by atoms with van der Waals surface area (Å²) in [7, 11) is 0. The highest BCUT2D eigenvalue weighted by atomic mass is 16.2. The minimum Gasteiger partial charge on any atom is -0.338 e. The van der Waals surface area contributed by atoms with Crippen LogP contribution in [0.4, 0.5) is 0 Å². The van der Waals surface area contributed by atoms with Crippen molar-refractivity contribution in [3.8, 4) is 0 Å². The maximum atomic E-state index is 13.5. The van der Waals surface area contributed by atoms with Crippen molar-refractivity contribution in [2.75, 3.05) is 19.6 Å². The van der Waals surface area contributed by atoms with Crippen molar-refractivity contribution in [3.05, 3.63) is 30.1 Å². The van der Waals surface area contributed by atoms with E-state index in [0.717, 1.165) is 25.6 Å². The number of likely N-dealkylation sites (tertiary alicyclic amines) is 1. The Kier molecular flexibility index (Phi) is 5.64. The van der Waals surface area contributed by atoms with E-state index in [2.05, 4.69) is 20.9 Å². The fraction of sp³-hybridized carbons (Fsp3) is 0.760. The highest BCUT2D eigenvalue weighted by molar-refractivity contribution is 5.82. The number of amides is 1. The van der Waals surface area contributed by atoms with E-state index in [1.54, 1.807) is 0 Å². The van der Waals surface area contributed by atoms with E-state index in [0.29, 0.717) is 23.2 Å². The Balaban J connectivity index is 1.22. The quantitative estimate of drug-likeness (QED) is 0.704. The zero-order chi connectivity index (χ0) is 19.7. The average molecular weight is 396 g/mol. The first-order valence-electron chi connectivity index (χ1n) is 12.2. The first kappa shape index (κ1) is 19.5. The number of piperidine rings is 1. The third-order valence-corrected chi connectivity index (χ3v) is 8.46. The highest BCUT2D eigenvalue weighted by Gasteiger charge is 2.59. The Morgan fingerprint density at radius 2 is 1.86 bits per heavy atom. The molecule has 158 valence electrons. The first-order valence-corrected chi connectivity index (χ1v) is 12.2. The Morgan fingerprint density at radius 3 is 2.55 bits per heavy atom. The van der Waals surface area contributed by atoms with Gasteiger partial charge in [0.15, 0.2) is 0 Å². The van der Waals surface area contributed by atoms with Crippen molar-refractivity contribution >= 4 is 5.91 Å². The van der Waals surface area contributed by atoms with Crippen LogP contribution < -0.4 is 0 Å². The van der Waals surface area contributed by atoms with Crippen LogP contribution in [0.5, 0.6) is 0 Å². The molecule has 0 bridgehead atoms. The predicted octanol–water partition coefficient (Wildman–Crippen LogP) is 4.65. The third-order valence-electron chi connectivity index (χ3n) is 8.46. The molecule has 4 heteroatoms. The van der Waals surface area contributed by atoms with Crippen molar-refractivity contribution in [2.24, 2.45) is 17.3 Å². The SMILES string of the molecule is O=C([C@@H]1CC12CCCC2)N(Cc1cccnc1)CC1CCN(C2CCCC2)CC1. The van der Waals surface area contributed by atoms with Crippen LogP contribution >= 0.6 is 0 Å². The van der Waals surface area contributed by atoms with Gasteiger partial charge in [0.1, 0.15) is 0 Å². The van der Waals surface area contributed by atoms with E-state index >= 15 is 0 Å². The molecule has 4 fully saturated rings. The molecule has 1 saturated heterocycles. The minimum atomic E-state index is 0.306. The van der Waals surface area contributed by atoms with Crippen LogP contribution in [0.2, 0.25) is 0 Å². The van der Waals surface area contributed by atoms with E-state index in [1.165, 1.54) is 82.9 Å². The minimum absolute atomic E-state index is 0.306. The van der Waals surface area contributed by atoms with Gasteiger partial charge < -0.3 is 9.80 Å². The molecule has 0 radical (unpaired) electrons. The first-order chi connectivity index (χ1) is 14.2. The molecule has 1 amide bonds. The second kappa shape index (κ2) is 8.37. The maximum absolute atomic E-state index is 13.5. The van der Waals surface area contributed by atoms with Gasteiger partial charge in [0.2, 0.25) is 5.91 Å². The number of hydrogen-bond acceptors (Lipinski definition) is 3. The average Bonchev–Trinajstić information content (AvgIpc) is 3.10. The monoisotopic (exact) mass is 395 g/mol. The molecule has 3 aliphatic carbocycles. The van der Waals surface area contributed by atoms with Gasteiger partial charge in [-0.15, -0.1) is 0 Å². The van der Waals surface area contributed by atoms with Crippen LogP contribution in [-0.2, 0) is 11.3 Å². The summed E-state index contributed by atoms with van der Waals surface area (Å²) in [5, 5.41) is 0. The lowest BCUT2D eigenvalue weighted by atomic mass is 9.94. The summed E-state index contributed by atoms with van der Waals surface area (Å²) >= 11 is 0. The van der Waals surface area contributed by atoms with Gasteiger partial charge in [0.05, 0.1) is 0 Å². The summed E-state index contributed by atoms with van der Waals surface area (Å²) in [4.78, 5) is 22.8. The number of hydrogen-bond donors (Lipinski definition) is 0. The standard InChI is InChI=1S/C25H37N3O/c29-24(23-16-25(23)11-3-4-12-25)28(19-21-6-5-13-26-17-21)18-20-9-14-27(15-10-20)22-7-1-2-8-22/h5-6,13,17,20,22-23H,1-4,7-12,14-16,18-19H2/t23-/m0/s1. The van der Waals surface area contributed by atoms with E-state index in [9.17, 15) is 4.79 Å². The van der Waals surface area contributed by atoms with Crippen LogP contribution in [0, 0.1) is 17.3 Å². The third kappa shape index (κ3) is 4.23. The molecule has 1 aromatic rings. The molecule has 1 spiro atoms. The number of nitrogens with zero attached hydrogens (tertiary/aromatic N) is 3. The fourth-order valence-corrected chi connectivity index (χ4v) is 6.58. The van der Waals surface area contributed by atoms with Crippen LogP contribution in [0.15, 0.2) is 24.5 Å². The molecule has 5 rings (SSSR count). The molecule has 29 heavy (non-hydrogen) atoms. The molecular weight excluding hydrogens is 358 g/mol. The van der Waals surface area contributed by atoms with Gasteiger partial charge in [-0.2, -0.15) is 0 Å². The number of carbonyl (C=O) groups is 1. The van der Waals surface area contributed by atoms with Crippen LogP contribution in [0.3, 0.4) is 0 Å². The Hall–Kier alpha value is -1.42. The van der Waals surface area contributed by atoms with Crippen molar-refractivity contribution in [1.82, 2.24) is 14.8 Å². The summed E-state index contributed by atoms with van der Waals surface area (Å²) in [6, 6.07) is 4.96. The highest BCUT2D eigenvalue weighted by Crippen LogP contribution is 2.63. The zero-order valence-corrected chi connectivity index (χ0v) is 17.9. The normalized spacial score (nSPS) is 27.5. The topological polar surface area (TPSA) is 36.4 Å². The van der Waals surface area contributed by atoms with E-state index < -0.39 is 0 Å². The maximum Gasteiger partial charge on any atom is 0.226 e. The van der Waals surface area contributed by atoms with Crippen LogP contribution in [0.1, 0.15) is 76.2 Å². The molecule has 1 atom stereocenters. The molecule has 1 aromatic heterocycles. The summed E-state index contributed by atoms with van der Waals surface area (Å²) in [6.07, 6.45) is 18.3. The lowest BCUT2D eigenvalue weighted by Crippen LogP contribution is -2.44. The van der Waals surface area contributed by atoms with Crippen molar-refractivity contribution in [1.29, 1.82) is 0 Å². The largest absolute Gasteiger partial charge is 0.338 e. The number of aromatic nitrogens is 1. The lowest BCUT2D eigenvalue weighted by molar-refractivity contribution is -0.135. The molecule has 3 saturated carbocycles. The fourth-order valence-electron chi connectivity index (χ4n) is 6.58. The molecule has 4 nitrogen and oxygen atoms in total. The predicted molar refractivity (Wildman–Crippen MR) is 115 cm³/mol. The smallest absolute Gasteiger partial charge is 0.226 e. The molecular formula is C25H37N3O. The summed E-state index contributed by atoms with van der Waals surface area (Å²) in [6.45, 7) is 4.15. The van der Waals surface area contributed by atoms with Crippen molar-refractivity contribution in [2.45, 2.75) is 83.2 Å². The number of pyridine rings is 1. The molecule has 2 heterocycles. The number of carbonyl (C=O) groups excluding carboxylic acids is 1. The Labute approximate surface area is 176 Å². The summed E-state index contributed by atoms with van der Waals surface area (Å²) in [5.74, 6) is 1.40. The number of rotatable bonds is 6. The van der Waals surface area contributed by atoms with E-state index in [-0.39, 0.29) is 0 Å². The second-order valence-electron chi connectivity index (χ2n) is 10.3. The lowest BCUT2D eigenvalue weighted by Gasteiger charge is -2.38. The van der Waals surface area contributed by atoms with Crippen LogP contribution in [0.25, 0.3) is 0 Å². The molecule has 1 aliphatic heterocycles. The van der Waals surface area contributed by atoms with Gasteiger partial charge >= 0.3 is 0 Å². The van der Waals surface area contributed by atoms with Crippen LogP contribution in [-0.4, -0.2) is 46.4 Å². The van der Waals surface area contributed by atoms with Gasteiger partial charge in [-0.1, -0.05) is 31.7 Å². The van der Waals surface area contributed by atoms with E-state index in [1.807, 2.05) is 18.5 Å². The summed E-state index contributed by atoms with van der Waals surface area (Å²) < 4.78 is 0. The van der Waals surface area contributed by atoms with Gasteiger partial charge in [-0.05, 0) is 81.0 Å². The molecule has 4 aliphatic rings. The second-order valence-corrected chi connectivity index (χ2v) is 10.3. The molecule has 0 unspecified atom stereocenters. The van der Waals surface area contributed by atoms with Gasteiger partial charge in [-0.3, -0.25) is 9.78 Å². The zero-order valence-electron chi connectivity index (χ0n) is 17.9. The molecule has 0 aromatic carbocycles. The molecule has 0 N–H and O–H groups in total. The Morgan fingerprint density at radius 1 is 1.10 bits per heavy atom. The van der Waals surface area contributed by atoms with Crippen molar-refractivity contribution in [3.63, 3.8) is 0 Å². The Bertz CT molecular complexity index is 685. The van der Waals surface area contributed by atoms with Gasteiger partial charge in [0, 0.05) is 37.4 Å². The van der Waals surface area contributed by atoms with E-state index in [4.69, 9.17) is 0 Å².